The first-order chi connectivity index (χ1) is 7.02. The summed E-state index contributed by atoms with van der Waals surface area (Å²) in [6.45, 7) is 7.48. The normalized spacial score (nSPS) is 26.3. The highest BCUT2D eigenvalue weighted by Gasteiger charge is 2.30. The van der Waals surface area contributed by atoms with E-state index in [1.165, 1.54) is 0 Å². The van der Waals surface area contributed by atoms with Crippen LogP contribution in [-0.4, -0.2) is 31.2 Å². The molecule has 5 heteroatoms. The Morgan fingerprint density at radius 2 is 2.12 bits per heavy atom. The fraction of sp³-hybridized carbons (Fsp3) is 0.909. The summed E-state index contributed by atoms with van der Waals surface area (Å²) in [5.74, 6) is 0.863. The van der Waals surface area contributed by atoms with Crippen LogP contribution in [0.1, 0.15) is 27.2 Å². The van der Waals surface area contributed by atoms with Crippen LogP contribution < -0.4 is 11.1 Å². The largest absolute Gasteiger partial charge is 0.378 e. The zero-order valence-corrected chi connectivity index (χ0v) is 11.0. The molecule has 2 unspecified atom stereocenters. The summed E-state index contributed by atoms with van der Waals surface area (Å²) in [5, 5.41) is 2.86. The number of carbonyl (C=O) groups is 1. The molecule has 0 aliphatic carbocycles. The summed E-state index contributed by atoms with van der Waals surface area (Å²) < 4.78 is 5.64. The van der Waals surface area contributed by atoms with Crippen LogP contribution in [0.15, 0.2) is 0 Å². The Balaban J connectivity index is 0.00000225. The van der Waals surface area contributed by atoms with E-state index >= 15 is 0 Å². The third-order valence-corrected chi connectivity index (χ3v) is 2.87. The Kier molecular flexibility index (Phi) is 6.95. The van der Waals surface area contributed by atoms with Gasteiger partial charge in [0, 0.05) is 19.1 Å². The molecule has 1 aliphatic rings. The first-order valence-corrected chi connectivity index (χ1v) is 5.67. The lowest BCUT2D eigenvalue weighted by Crippen LogP contribution is -2.42. The van der Waals surface area contributed by atoms with Gasteiger partial charge < -0.3 is 15.8 Å². The van der Waals surface area contributed by atoms with E-state index in [0.717, 1.165) is 13.0 Å². The molecule has 1 amide bonds. The molecule has 1 aliphatic heterocycles. The van der Waals surface area contributed by atoms with Gasteiger partial charge in [0.1, 0.15) is 0 Å². The summed E-state index contributed by atoms with van der Waals surface area (Å²) >= 11 is 0. The summed E-state index contributed by atoms with van der Waals surface area (Å²) in [6, 6.07) is -0.426. The number of nitrogens with one attached hydrogen (secondary N) is 1. The van der Waals surface area contributed by atoms with Gasteiger partial charge in [0.15, 0.2) is 0 Å². The fourth-order valence-corrected chi connectivity index (χ4v) is 2.00. The van der Waals surface area contributed by atoms with Gasteiger partial charge in [0.2, 0.25) is 5.91 Å². The second kappa shape index (κ2) is 7.09. The minimum absolute atomic E-state index is 0. The van der Waals surface area contributed by atoms with Gasteiger partial charge in [-0.05, 0) is 19.3 Å². The van der Waals surface area contributed by atoms with Gasteiger partial charge in [-0.3, -0.25) is 4.79 Å². The monoisotopic (exact) mass is 250 g/mol. The predicted octanol–water partition coefficient (Wildman–Crippen LogP) is 0.933. The Hall–Kier alpha value is -0.320. The van der Waals surface area contributed by atoms with Gasteiger partial charge in [-0.1, -0.05) is 13.8 Å². The minimum Gasteiger partial charge on any atom is -0.378 e. The molecule has 0 saturated carbocycles. The number of ether oxygens (including phenoxy) is 1. The van der Waals surface area contributed by atoms with Crippen LogP contribution >= 0.6 is 12.4 Å². The van der Waals surface area contributed by atoms with Crippen LogP contribution in [0.5, 0.6) is 0 Å². The molecule has 0 aromatic heterocycles. The van der Waals surface area contributed by atoms with E-state index in [2.05, 4.69) is 19.2 Å². The molecule has 3 atom stereocenters. The summed E-state index contributed by atoms with van der Waals surface area (Å²) in [7, 11) is 0. The van der Waals surface area contributed by atoms with Gasteiger partial charge in [-0.15, -0.1) is 12.4 Å². The van der Waals surface area contributed by atoms with Gasteiger partial charge in [-0.25, -0.2) is 0 Å². The summed E-state index contributed by atoms with van der Waals surface area (Å²) in [4.78, 5) is 11.3. The molecule has 3 N–H and O–H groups in total. The van der Waals surface area contributed by atoms with E-state index in [-0.39, 0.29) is 24.4 Å². The third-order valence-electron chi connectivity index (χ3n) is 2.87. The molecular weight excluding hydrogens is 228 g/mol. The Bertz CT molecular complexity index is 222. The molecule has 1 saturated heterocycles. The summed E-state index contributed by atoms with van der Waals surface area (Å²) in [6.07, 6.45) is 1.31. The number of rotatable bonds is 4. The van der Waals surface area contributed by atoms with Gasteiger partial charge in [0.05, 0.1) is 12.1 Å². The lowest BCUT2D eigenvalue weighted by molar-refractivity contribution is -0.122. The van der Waals surface area contributed by atoms with E-state index in [0.29, 0.717) is 18.4 Å². The van der Waals surface area contributed by atoms with Crippen molar-refractivity contribution in [3.8, 4) is 0 Å². The second-order valence-electron chi connectivity index (χ2n) is 4.66. The van der Waals surface area contributed by atoms with Crippen molar-refractivity contribution in [2.45, 2.75) is 39.3 Å². The molecule has 96 valence electrons. The van der Waals surface area contributed by atoms with E-state index in [1.54, 1.807) is 6.92 Å². The quantitative estimate of drug-likeness (QED) is 0.780. The van der Waals surface area contributed by atoms with Crippen LogP contribution in [-0.2, 0) is 9.53 Å². The molecule has 1 rings (SSSR count). The van der Waals surface area contributed by atoms with Crippen LogP contribution in [0.2, 0.25) is 0 Å². The highest BCUT2D eigenvalue weighted by atomic mass is 35.5. The lowest BCUT2D eigenvalue weighted by Gasteiger charge is -2.22. The highest BCUT2D eigenvalue weighted by molar-refractivity contribution is 5.85. The fourth-order valence-electron chi connectivity index (χ4n) is 2.00. The van der Waals surface area contributed by atoms with Crippen molar-refractivity contribution >= 4 is 18.3 Å². The van der Waals surface area contributed by atoms with E-state index in [4.69, 9.17) is 10.5 Å². The van der Waals surface area contributed by atoms with Crippen LogP contribution in [0.25, 0.3) is 0 Å². The van der Waals surface area contributed by atoms with E-state index < -0.39 is 6.04 Å². The zero-order valence-electron chi connectivity index (χ0n) is 10.2. The molecule has 0 aromatic carbocycles. The summed E-state index contributed by atoms with van der Waals surface area (Å²) in [5.41, 5.74) is 5.47. The van der Waals surface area contributed by atoms with Crippen LogP contribution in [0, 0.1) is 11.8 Å². The maximum absolute atomic E-state index is 11.3. The first kappa shape index (κ1) is 15.7. The van der Waals surface area contributed by atoms with Gasteiger partial charge in [-0.2, -0.15) is 0 Å². The SMILES string of the molecule is CC(C)C1OCCC1CNC(=O)[C@H](C)N.Cl. The smallest absolute Gasteiger partial charge is 0.236 e. The predicted molar refractivity (Wildman–Crippen MR) is 66.6 cm³/mol. The minimum atomic E-state index is -0.426. The maximum atomic E-state index is 11.3. The van der Waals surface area contributed by atoms with Crippen molar-refractivity contribution in [1.82, 2.24) is 5.32 Å². The van der Waals surface area contributed by atoms with Crippen molar-refractivity contribution in [1.29, 1.82) is 0 Å². The first-order valence-electron chi connectivity index (χ1n) is 5.67. The molecule has 1 fully saturated rings. The third kappa shape index (κ3) is 4.28. The maximum Gasteiger partial charge on any atom is 0.236 e. The standard InChI is InChI=1S/C11H22N2O2.ClH/c1-7(2)10-9(4-5-15-10)6-13-11(14)8(3)12;/h7-10H,4-6,12H2,1-3H3,(H,13,14);1H/t8-,9?,10?;/m0./s1. The number of amides is 1. The molecule has 0 spiro atoms. The Morgan fingerprint density at radius 3 is 2.62 bits per heavy atom. The van der Waals surface area contributed by atoms with Crippen molar-refractivity contribution in [2.75, 3.05) is 13.2 Å². The molecule has 1 heterocycles. The lowest BCUT2D eigenvalue weighted by atomic mass is 9.93. The topological polar surface area (TPSA) is 64.3 Å². The number of hydrogen-bond acceptors (Lipinski definition) is 3. The van der Waals surface area contributed by atoms with Crippen molar-refractivity contribution in [3.63, 3.8) is 0 Å². The molecule has 4 nitrogen and oxygen atoms in total. The molecule has 0 bridgehead atoms. The van der Waals surface area contributed by atoms with Crippen molar-refractivity contribution in [3.05, 3.63) is 0 Å². The number of halogens is 1. The van der Waals surface area contributed by atoms with Crippen molar-refractivity contribution in [2.24, 2.45) is 17.6 Å². The van der Waals surface area contributed by atoms with E-state index in [9.17, 15) is 4.79 Å². The highest BCUT2D eigenvalue weighted by Crippen LogP contribution is 2.25. The van der Waals surface area contributed by atoms with Crippen LogP contribution in [0.4, 0.5) is 0 Å². The van der Waals surface area contributed by atoms with E-state index in [1.807, 2.05) is 0 Å². The van der Waals surface area contributed by atoms with Crippen LogP contribution in [0.3, 0.4) is 0 Å². The Morgan fingerprint density at radius 1 is 1.50 bits per heavy atom. The average Bonchev–Trinajstić information content (AvgIpc) is 2.61. The average molecular weight is 251 g/mol. The molecule has 0 aromatic rings. The molecule has 16 heavy (non-hydrogen) atoms. The van der Waals surface area contributed by atoms with Gasteiger partial charge >= 0.3 is 0 Å². The zero-order chi connectivity index (χ0) is 11.4. The second-order valence-corrected chi connectivity index (χ2v) is 4.66. The molecule has 0 radical (unpaired) electrons. The van der Waals surface area contributed by atoms with Gasteiger partial charge in [0.25, 0.3) is 0 Å². The number of carbonyl (C=O) groups excluding carboxylic acids is 1. The number of hydrogen-bond donors (Lipinski definition) is 2. The Labute approximate surface area is 104 Å². The number of nitrogens with two attached hydrogens (primary N) is 1. The van der Waals surface area contributed by atoms with Crippen molar-refractivity contribution < 1.29 is 9.53 Å². The molecular formula is C11H23ClN2O2.